The van der Waals surface area contributed by atoms with Gasteiger partial charge in [-0.15, -0.1) is 6.58 Å². The number of phenolic OH excluding ortho intramolecular Hbond substituents is 1. The van der Waals surface area contributed by atoms with Gasteiger partial charge in [-0.2, -0.15) is 0 Å². The van der Waals surface area contributed by atoms with Gasteiger partial charge in [0, 0.05) is 51.4 Å². The van der Waals surface area contributed by atoms with Crippen molar-refractivity contribution in [3.8, 4) is 5.75 Å². The maximum Gasteiger partial charge on any atom is 0.334 e. The van der Waals surface area contributed by atoms with E-state index in [9.17, 15) is 24.3 Å². The first kappa shape index (κ1) is 32.2. The van der Waals surface area contributed by atoms with Crippen molar-refractivity contribution in [2.24, 2.45) is 0 Å². The summed E-state index contributed by atoms with van der Waals surface area (Å²) < 4.78 is 0. The van der Waals surface area contributed by atoms with Gasteiger partial charge < -0.3 is 25.5 Å². The van der Waals surface area contributed by atoms with Crippen LogP contribution in [0, 0.1) is 0 Å². The summed E-state index contributed by atoms with van der Waals surface area (Å²) in [5.74, 6) is -0.575. The highest BCUT2D eigenvalue weighted by atomic mass is 16.3. The molecule has 0 aliphatic carbocycles. The van der Waals surface area contributed by atoms with Crippen LogP contribution in [-0.4, -0.2) is 92.0 Å². The number of hydrazine groups is 1. The molecule has 2 saturated heterocycles. The number of nitrogens with zero attached hydrogens (tertiary/aromatic N) is 5. The van der Waals surface area contributed by atoms with Crippen molar-refractivity contribution in [3.63, 3.8) is 0 Å². The Kier molecular flexibility index (Phi) is 10.6. The van der Waals surface area contributed by atoms with Crippen LogP contribution in [-0.2, 0) is 33.9 Å². The van der Waals surface area contributed by atoms with Crippen LogP contribution in [0.1, 0.15) is 29.5 Å². The Labute approximate surface area is 268 Å². The largest absolute Gasteiger partial charge is 0.508 e. The first-order valence-electron chi connectivity index (χ1n) is 15.3. The predicted octanol–water partition coefficient (Wildman–Crippen LogP) is 2.42. The van der Waals surface area contributed by atoms with Crippen LogP contribution in [0.15, 0.2) is 91.8 Å². The Hall–Kier alpha value is -5.23. The van der Waals surface area contributed by atoms with E-state index in [4.69, 9.17) is 0 Å². The number of carbonyl (C=O) groups is 4. The van der Waals surface area contributed by atoms with Gasteiger partial charge in [-0.1, -0.05) is 48.5 Å². The molecule has 240 valence electrons. The summed E-state index contributed by atoms with van der Waals surface area (Å²) in [4.78, 5) is 61.3. The Morgan fingerprint density at radius 1 is 0.935 bits per heavy atom. The van der Waals surface area contributed by atoms with Gasteiger partial charge in [-0.25, -0.2) is 14.8 Å². The third-order valence-corrected chi connectivity index (χ3v) is 8.10. The molecular weight excluding hydrogens is 586 g/mol. The SMILES string of the molecule is C=CCN1CC(=O)N2[C@@H](Cc3ccc(O)cc3)C(=O)N(CCCC(=O)NCc3ccncc3)C[C@@H]2N1C(=O)NCc1ccccc1. The number of amides is 5. The zero-order valence-corrected chi connectivity index (χ0v) is 25.6. The fourth-order valence-corrected chi connectivity index (χ4v) is 5.83. The Balaban J connectivity index is 1.35. The van der Waals surface area contributed by atoms with E-state index >= 15 is 0 Å². The highest BCUT2D eigenvalue weighted by Crippen LogP contribution is 2.29. The molecule has 5 amide bonds. The number of fused-ring (bicyclic) bond motifs is 1. The highest BCUT2D eigenvalue weighted by Gasteiger charge is 2.51. The second kappa shape index (κ2) is 15.2. The van der Waals surface area contributed by atoms with Gasteiger partial charge in [0.25, 0.3) is 0 Å². The maximum absolute atomic E-state index is 14.0. The number of benzene rings is 2. The van der Waals surface area contributed by atoms with Crippen LogP contribution in [0.25, 0.3) is 0 Å². The van der Waals surface area contributed by atoms with E-state index in [2.05, 4.69) is 22.2 Å². The predicted molar refractivity (Wildman–Crippen MR) is 170 cm³/mol. The van der Waals surface area contributed by atoms with E-state index < -0.39 is 18.2 Å². The summed E-state index contributed by atoms with van der Waals surface area (Å²) in [5, 5.41) is 18.8. The van der Waals surface area contributed by atoms with E-state index in [1.54, 1.807) is 40.5 Å². The molecule has 0 spiro atoms. The number of nitrogens with one attached hydrogen (secondary N) is 2. The average molecular weight is 626 g/mol. The molecule has 0 radical (unpaired) electrons. The molecule has 2 aliphatic rings. The van der Waals surface area contributed by atoms with Crippen molar-refractivity contribution in [2.75, 3.05) is 26.2 Å². The lowest BCUT2D eigenvalue weighted by Crippen LogP contribution is -2.76. The van der Waals surface area contributed by atoms with Gasteiger partial charge in [-0.3, -0.25) is 19.4 Å². The van der Waals surface area contributed by atoms with Gasteiger partial charge in [0.05, 0.1) is 13.1 Å². The van der Waals surface area contributed by atoms with Crippen molar-refractivity contribution in [1.82, 2.24) is 35.4 Å². The molecule has 5 rings (SSSR count). The van der Waals surface area contributed by atoms with Crippen LogP contribution in [0.4, 0.5) is 4.79 Å². The highest BCUT2D eigenvalue weighted by molar-refractivity contribution is 5.91. The van der Waals surface area contributed by atoms with Gasteiger partial charge >= 0.3 is 6.03 Å². The van der Waals surface area contributed by atoms with Crippen LogP contribution in [0.5, 0.6) is 5.75 Å². The fourth-order valence-electron chi connectivity index (χ4n) is 5.83. The van der Waals surface area contributed by atoms with E-state index in [1.807, 2.05) is 42.5 Å². The topological polar surface area (TPSA) is 138 Å². The van der Waals surface area contributed by atoms with Gasteiger partial charge in [0.2, 0.25) is 17.7 Å². The minimum atomic E-state index is -0.883. The minimum absolute atomic E-state index is 0.0850. The molecule has 0 saturated carbocycles. The zero-order valence-electron chi connectivity index (χ0n) is 25.6. The molecule has 0 bridgehead atoms. The standard InChI is InChI=1S/C34H39N7O5/c1-2-18-39-24-32(44)40-29(20-25-10-12-28(42)13-11-25)33(45)38(19-6-9-30(43)36-21-27-14-16-35-17-15-27)23-31(40)41(39)34(46)37-22-26-7-4-3-5-8-26/h2-5,7-8,10-17,29,31,42H,1,6,9,18-24H2,(H,36,43)(H,37,46)/t29-,31-/m0/s1. The molecule has 2 atom stereocenters. The van der Waals surface area contributed by atoms with E-state index in [0.717, 1.165) is 16.7 Å². The summed E-state index contributed by atoms with van der Waals surface area (Å²) in [6.07, 6.45) is 4.98. The monoisotopic (exact) mass is 625 g/mol. The number of hydrogen-bond acceptors (Lipinski definition) is 7. The molecular formula is C34H39N7O5. The molecule has 3 aromatic rings. The molecule has 12 heteroatoms. The molecule has 3 heterocycles. The zero-order chi connectivity index (χ0) is 32.5. The number of carbonyl (C=O) groups excluding carboxylic acids is 4. The fraction of sp³-hybridized carbons (Fsp3) is 0.324. The van der Waals surface area contributed by atoms with Crippen molar-refractivity contribution in [1.29, 1.82) is 0 Å². The van der Waals surface area contributed by atoms with E-state index in [0.29, 0.717) is 13.0 Å². The lowest BCUT2D eigenvalue weighted by Gasteiger charge is -2.55. The van der Waals surface area contributed by atoms with Crippen LogP contribution in [0.2, 0.25) is 0 Å². The molecule has 2 aromatic carbocycles. The first-order chi connectivity index (χ1) is 22.3. The normalized spacial score (nSPS) is 18.2. The second-order valence-corrected chi connectivity index (χ2v) is 11.3. The lowest BCUT2D eigenvalue weighted by atomic mass is 9.98. The molecule has 2 aliphatic heterocycles. The lowest BCUT2D eigenvalue weighted by molar-refractivity contribution is -0.189. The Morgan fingerprint density at radius 3 is 2.35 bits per heavy atom. The quantitative estimate of drug-likeness (QED) is 0.263. The van der Waals surface area contributed by atoms with E-state index in [1.165, 1.54) is 22.0 Å². The van der Waals surface area contributed by atoms with Gasteiger partial charge in [0.15, 0.2) is 0 Å². The molecule has 12 nitrogen and oxygen atoms in total. The third-order valence-electron chi connectivity index (χ3n) is 8.10. The van der Waals surface area contributed by atoms with Gasteiger partial charge in [-0.05, 0) is 47.4 Å². The van der Waals surface area contributed by atoms with Crippen molar-refractivity contribution >= 4 is 23.8 Å². The molecule has 3 N–H and O–H groups in total. The summed E-state index contributed by atoms with van der Waals surface area (Å²) in [6, 6.07) is 18.4. The number of piperazine rings is 1. The summed E-state index contributed by atoms with van der Waals surface area (Å²) in [5.41, 5.74) is 2.61. The smallest absolute Gasteiger partial charge is 0.334 e. The van der Waals surface area contributed by atoms with Crippen LogP contribution >= 0.6 is 0 Å². The van der Waals surface area contributed by atoms with E-state index in [-0.39, 0.29) is 69.0 Å². The summed E-state index contributed by atoms with van der Waals surface area (Å²) >= 11 is 0. The number of aromatic nitrogens is 1. The summed E-state index contributed by atoms with van der Waals surface area (Å²) in [6.45, 7) is 4.99. The Bertz CT molecular complexity index is 1520. The molecule has 46 heavy (non-hydrogen) atoms. The number of urea groups is 1. The summed E-state index contributed by atoms with van der Waals surface area (Å²) in [7, 11) is 0. The number of pyridine rings is 1. The number of aromatic hydroxyl groups is 1. The van der Waals surface area contributed by atoms with Crippen LogP contribution < -0.4 is 10.6 Å². The number of rotatable bonds is 12. The maximum atomic E-state index is 14.0. The number of phenols is 1. The van der Waals surface area contributed by atoms with Crippen molar-refractivity contribution in [2.45, 2.75) is 44.6 Å². The molecule has 1 aromatic heterocycles. The van der Waals surface area contributed by atoms with Crippen LogP contribution in [0.3, 0.4) is 0 Å². The molecule has 0 unspecified atom stereocenters. The Morgan fingerprint density at radius 2 is 1.63 bits per heavy atom. The minimum Gasteiger partial charge on any atom is -0.508 e. The first-order valence-corrected chi connectivity index (χ1v) is 15.3. The van der Waals surface area contributed by atoms with Crippen molar-refractivity contribution in [3.05, 3.63) is 108 Å². The third kappa shape index (κ3) is 7.88. The van der Waals surface area contributed by atoms with Gasteiger partial charge in [0.1, 0.15) is 18.0 Å². The number of hydrogen-bond donors (Lipinski definition) is 3. The molecule has 2 fully saturated rings. The average Bonchev–Trinajstić information content (AvgIpc) is 3.06. The second-order valence-electron chi connectivity index (χ2n) is 11.3. The van der Waals surface area contributed by atoms with Crippen molar-refractivity contribution < 1.29 is 24.3 Å².